The lowest BCUT2D eigenvalue weighted by Gasteiger charge is -2.22. The van der Waals surface area contributed by atoms with Crippen molar-refractivity contribution in [2.75, 3.05) is 6.61 Å². The van der Waals surface area contributed by atoms with Gasteiger partial charge < -0.3 is 10.5 Å². The van der Waals surface area contributed by atoms with Gasteiger partial charge in [-0.25, -0.2) is 0 Å². The van der Waals surface area contributed by atoms with Crippen LogP contribution in [0.1, 0.15) is 32.3 Å². The van der Waals surface area contributed by atoms with Crippen LogP contribution in [-0.2, 0) is 11.3 Å². The Kier molecular flexibility index (Phi) is 5.63. The van der Waals surface area contributed by atoms with Crippen LogP contribution in [0, 0.1) is 10.8 Å². The number of hydrogen-bond donors (Lipinski definition) is 2. The van der Waals surface area contributed by atoms with E-state index in [9.17, 15) is 0 Å². The molecular formula is C14H21ClN2O. The number of rotatable bonds is 7. The van der Waals surface area contributed by atoms with Gasteiger partial charge in [0.05, 0.1) is 12.4 Å². The summed E-state index contributed by atoms with van der Waals surface area (Å²) in [5, 5.41) is 8.19. The molecule has 0 fully saturated rings. The molecule has 0 spiro atoms. The quantitative estimate of drug-likeness (QED) is 0.451. The zero-order valence-corrected chi connectivity index (χ0v) is 11.8. The summed E-state index contributed by atoms with van der Waals surface area (Å²) in [6, 6.07) is 7.66. The third kappa shape index (κ3) is 5.07. The molecule has 0 aliphatic heterocycles. The Morgan fingerprint density at radius 2 is 2.17 bits per heavy atom. The molecule has 3 nitrogen and oxygen atoms in total. The summed E-state index contributed by atoms with van der Waals surface area (Å²) in [5.74, 6) is 0.234. The van der Waals surface area contributed by atoms with E-state index >= 15 is 0 Å². The number of halogens is 1. The molecule has 0 heterocycles. The van der Waals surface area contributed by atoms with Gasteiger partial charge in [-0.2, -0.15) is 0 Å². The van der Waals surface area contributed by atoms with Gasteiger partial charge in [-0.3, -0.25) is 5.41 Å². The minimum atomic E-state index is -0.237. The molecule has 0 saturated heterocycles. The first kappa shape index (κ1) is 15.0. The maximum Gasteiger partial charge on any atom is 0.0963 e. The Morgan fingerprint density at radius 1 is 1.44 bits per heavy atom. The SMILES string of the molecule is CC(C)(CCCOCc1cccc(Cl)c1)C(=N)N. The summed E-state index contributed by atoms with van der Waals surface area (Å²) >= 11 is 5.89. The fraction of sp³-hybridized carbons (Fsp3) is 0.500. The highest BCUT2D eigenvalue weighted by atomic mass is 35.5. The average Bonchev–Trinajstić information content (AvgIpc) is 2.28. The standard InChI is InChI=1S/C14H21ClN2O/c1-14(2,13(16)17)7-4-8-18-10-11-5-3-6-12(15)9-11/h3,5-6,9H,4,7-8,10H2,1-2H3,(H3,16,17). The van der Waals surface area contributed by atoms with E-state index in [4.69, 9.17) is 27.5 Å². The maximum atomic E-state index is 7.46. The summed E-state index contributed by atoms with van der Waals surface area (Å²) in [6.07, 6.45) is 1.75. The first-order valence-electron chi connectivity index (χ1n) is 6.08. The summed E-state index contributed by atoms with van der Waals surface area (Å²) in [6.45, 7) is 5.20. The van der Waals surface area contributed by atoms with Crippen LogP contribution in [0.25, 0.3) is 0 Å². The fourth-order valence-corrected chi connectivity index (χ4v) is 1.78. The molecule has 4 heteroatoms. The van der Waals surface area contributed by atoms with E-state index in [1.807, 2.05) is 38.1 Å². The summed E-state index contributed by atoms with van der Waals surface area (Å²) < 4.78 is 5.58. The Hall–Kier alpha value is -1.06. The molecule has 0 aliphatic carbocycles. The number of amidine groups is 1. The van der Waals surface area contributed by atoms with Crippen molar-refractivity contribution in [2.24, 2.45) is 11.1 Å². The van der Waals surface area contributed by atoms with E-state index in [1.54, 1.807) is 0 Å². The number of benzene rings is 1. The number of ether oxygens (including phenoxy) is 1. The van der Waals surface area contributed by atoms with Crippen molar-refractivity contribution in [3.63, 3.8) is 0 Å². The molecule has 0 unspecified atom stereocenters. The van der Waals surface area contributed by atoms with Crippen LogP contribution in [0.15, 0.2) is 24.3 Å². The van der Waals surface area contributed by atoms with Gasteiger partial charge in [0.1, 0.15) is 0 Å². The molecule has 0 bridgehead atoms. The van der Waals surface area contributed by atoms with Crippen LogP contribution in [-0.4, -0.2) is 12.4 Å². The van der Waals surface area contributed by atoms with Crippen molar-refractivity contribution in [1.29, 1.82) is 5.41 Å². The van der Waals surface area contributed by atoms with E-state index in [1.165, 1.54) is 0 Å². The smallest absolute Gasteiger partial charge is 0.0963 e. The van der Waals surface area contributed by atoms with Crippen LogP contribution in [0.5, 0.6) is 0 Å². The topological polar surface area (TPSA) is 59.1 Å². The second kappa shape index (κ2) is 6.76. The second-order valence-corrected chi connectivity index (χ2v) is 5.52. The van der Waals surface area contributed by atoms with E-state index in [0.29, 0.717) is 13.2 Å². The highest BCUT2D eigenvalue weighted by Gasteiger charge is 2.20. The molecular weight excluding hydrogens is 248 g/mol. The van der Waals surface area contributed by atoms with E-state index in [-0.39, 0.29) is 11.3 Å². The van der Waals surface area contributed by atoms with Crippen LogP contribution in [0.3, 0.4) is 0 Å². The molecule has 100 valence electrons. The molecule has 0 amide bonds. The Morgan fingerprint density at radius 3 is 2.78 bits per heavy atom. The lowest BCUT2D eigenvalue weighted by atomic mass is 9.87. The third-order valence-corrected chi connectivity index (χ3v) is 3.21. The molecule has 3 N–H and O–H groups in total. The lowest BCUT2D eigenvalue weighted by Crippen LogP contribution is -2.30. The molecule has 1 aromatic carbocycles. The molecule has 1 aromatic rings. The summed E-state index contributed by atoms with van der Waals surface area (Å²) in [5.41, 5.74) is 6.36. The first-order valence-corrected chi connectivity index (χ1v) is 6.46. The average molecular weight is 269 g/mol. The zero-order chi connectivity index (χ0) is 13.6. The van der Waals surface area contributed by atoms with E-state index in [2.05, 4.69) is 0 Å². The largest absolute Gasteiger partial charge is 0.387 e. The zero-order valence-electron chi connectivity index (χ0n) is 11.0. The van der Waals surface area contributed by atoms with Crippen molar-refractivity contribution in [3.8, 4) is 0 Å². The van der Waals surface area contributed by atoms with Gasteiger partial charge in [0.25, 0.3) is 0 Å². The van der Waals surface area contributed by atoms with Crippen LogP contribution in [0.4, 0.5) is 0 Å². The molecule has 0 atom stereocenters. The normalized spacial score (nSPS) is 11.5. The number of nitrogens with one attached hydrogen (secondary N) is 1. The van der Waals surface area contributed by atoms with E-state index in [0.717, 1.165) is 23.4 Å². The molecule has 0 radical (unpaired) electrons. The Bertz CT molecular complexity index is 405. The van der Waals surface area contributed by atoms with Gasteiger partial charge in [0.2, 0.25) is 0 Å². The van der Waals surface area contributed by atoms with Gasteiger partial charge in [0, 0.05) is 17.0 Å². The predicted octanol–water partition coefficient (Wildman–Crippen LogP) is 3.60. The van der Waals surface area contributed by atoms with Crippen molar-refractivity contribution < 1.29 is 4.74 Å². The van der Waals surface area contributed by atoms with Crippen molar-refractivity contribution in [3.05, 3.63) is 34.9 Å². The van der Waals surface area contributed by atoms with Crippen molar-refractivity contribution >= 4 is 17.4 Å². The highest BCUT2D eigenvalue weighted by molar-refractivity contribution is 6.30. The second-order valence-electron chi connectivity index (χ2n) is 5.08. The third-order valence-electron chi connectivity index (χ3n) is 2.98. The van der Waals surface area contributed by atoms with Gasteiger partial charge >= 0.3 is 0 Å². The molecule has 0 saturated carbocycles. The molecule has 0 aromatic heterocycles. The van der Waals surface area contributed by atoms with Crippen molar-refractivity contribution in [2.45, 2.75) is 33.3 Å². The molecule has 18 heavy (non-hydrogen) atoms. The van der Waals surface area contributed by atoms with Crippen LogP contribution >= 0.6 is 11.6 Å². The molecule has 1 rings (SSSR count). The maximum absolute atomic E-state index is 7.46. The molecule has 0 aliphatic rings. The minimum absolute atomic E-state index is 0.234. The lowest BCUT2D eigenvalue weighted by molar-refractivity contribution is 0.112. The first-order chi connectivity index (χ1) is 8.42. The summed E-state index contributed by atoms with van der Waals surface area (Å²) in [4.78, 5) is 0. The fourth-order valence-electron chi connectivity index (χ4n) is 1.57. The number of hydrogen-bond acceptors (Lipinski definition) is 2. The summed E-state index contributed by atoms with van der Waals surface area (Å²) in [7, 11) is 0. The highest BCUT2D eigenvalue weighted by Crippen LogP contribution is 2.21. The van der Waals surface area contributed by atoms with Crippen LogP contribution < -0.4 is 5.73 Å². The van der Waals surface area contributed by atoms with Gasteiger partial charge in [0.15, 0.2) is 0 Å². The predicted molar refractivity (Wildman–Crippen MR) is 76.0 cm³/mol. The minimum Gasteiger partial charge on any atom is -0.387 e. The van der Waals surface area contributed by atoms with Crippen LogP contribution in [0.2, 0.25) is 5.02 Å². The van der Waals surface area contributed by atoms with E-state index < -0.39 is 0 Å². The monoisotopic (exact) mass is 268 g/mol. The van der Waals surface area contributed by atoms with Gasteiger partial charge in [-0.1, -0.05) is 37.6 Å². The number of nitrogens with two attached hydrogens (primary N) is 1. The van der Waals surface area contributed by atoms with Crippen molar-refractivity contribution in [1.82, 2.24) is 0 Å². The Labute approximate surface area is 114 Å². The Balaban J connectivity index is 2.22. The van der Waals surface area contributed by atoms with Gasteiger partial charge in [-0.05, 0) is 30.5 Å². The van der Waals surface area contributed by atoms with Gasteiger partial charge in [-0.15, -0.1) is 0 Å².